The molecule has 0 aromatic rings. The van der Waals surface area contributed by atoms with E-state index in [1.54, 1.807) is 0 Å². The van der Waals surface area contributed by atoms with Crippen LogP contribution in [0.3, 0.4) is 0 Å². The highest BCUT2D eigenvalue weighted by Gasteiger charge is 2.19. The Kier molecular flexibility index (Phi) is 51.9. The highest BCUT2D eigenvalue weighted by atomic mass is 16.6. The number of carbonyl (C=O) groups is 3. The summed E-state index contributed by atoms with van der Waals surface area (Å²) in [5.41, 5.74) is 0. The number of hydrogen-bond donors (Lipinski definition) is 0. The predicted molar refractivity (Wildman–Crippen MR) is 288 cm³/mol. The Balaban J connectivity index is 4.49. The van der Waals surface area contributed by atoms with Crippen molar-refractivity contribution in [2.45, 2.75) is 258 Å². The Labute approximate surface area is 413 Å². The third-order valence-electron chi connectivity index (χ3n) is 11.6. The van der Waals surface area contributed by atoms with E-state index in [9.17, 15) is 14.4 Å². The molecule has 1 atom stereocenters. The fourth-order valence-corrected chi connectivity index (χ4v) is 7.42. The lowest BCUT2D eigenvalue weighted by molar-refractivity contribution is -0.166. The van der Waals surface area contributed by atoms with Gasteiger partial charge in [0.15, 0.2) is 6.10 Å². The number of unbranched alkanes of at least 4 members (excludes halogenated alkanes) is 23. The zero-order chi connectivity index (χ0) is 48.6. The summed E-state index contributed by atoms with van der Waals surface area (Å²) in [7, 11) is 0. The molecule has 0 radical (unpaired) electrons. The number of ether oxygens (including phenoxy) is 3. The van der Waals surface area contributed by atoms with Crippen molar-refractivity contribution in [3.63, 3.8) is 0 Å². The van der Waals surface area contributed by atoms with Crippen molar-refractivity contribution in [1.82, 2.24) is 0 Å². The molecule has 382 valence electrons. The van der Waals surface area contributed by atoms with Gasteiger partial charge < -0.3 is 14.2 Å². The van der Waals surface area contributed by atoms with Crippen LogP contribution in [0.25, 0.3) is 0 Å². The van der Waals surface area contributed by atoms with E-state index in [2.05, 4.69) is 106 Å². The van der Waals surface area contributed by atoms with Gasteiger partial charge in [-0.05, 0) is 103 Å². The molecule has 1 unspecified atom stereocenters. The van der Waals surface area contributed by atoms with Crippen molar-refractivity contribution >= 4 is 17.9 Å². The average Bonchev–Trinajstić information content (AvgIpc) is 3.33. The van der Waals surface area contributed by atoms with Gasteiger partial charge in [0.05, 0.1) is 0 Å². The van der Waals surface area contributed by atoms with E-state index in [4.69, 9.17) is 14.2 Å². The highest BCUT2D eigenvalue weighted by molar-refractivity contribution is 5.71. The molecule has 0 saturated carbocycles. The lowest BCUT2D eigenvalue weighted by Crippen LogP contribution is -2.30. The van der Waals surface area contributed by atoms with Crippen molar-refractivity contribution in [3.8, 4) is 0 Å². The zero-order valence-electron chi connectivity index (χ0n) is 43.6. The Morgan fingerprint density at radius 2 is 0.657 bits per heavy atom. The molecule has 0 heterocycles. The molecular weight excluding hydrogens is 829 g/mol. The normalized spacial score (nSPS) is 12.8. The molecule has 0 rings (SSSR count). The lowest BCUT2D eigenvalue weighted by atomic mass is 10.1. The van der Waals surface area contributed by atoms with E-state index in [0.29, 0.717) is 19.3 Å². The summed E-state index contributed by atoms with van der Waals surface area (Å²) in [6.07, 6.45) is 72.6. The topological polar surface area (TPSA) is 78.9 Å². The SMILES string of the molecule is CC/C=C\C/C=C\C/C=C\C/C=C\C/C=C\CCC(=O)OC(COC(=O)CCCCC/C=C\CCCCCCCCC)COC(=O)CCCCCCCCCCCC/C=C\C=C/CCCCC. The van der Waals surface area contributed by atoms with E-state index < -0.39 is 12.1 Å². The summed E-state index contributed by atoms with van der Waals surface area (Å²) in [5.74, 6) is -1.02. The van der Waals surface area contributed by atoms with Gasteiger partial charge in [-0.15, -0.1) is 0 Å². The summed E-state index contributed by atoms with van der Waals surface area (Å²) in [4.78, 5) is 38.1. The quantitative estimate of drug-likeness (QED) is 0.0199. The van der Waals surface area contributed by atoms with Crippen LogP contribution in [0.2, 0.25) is 0 Å². The Bertz CT molecular complexity index is 1350. The first kappa shape index (κ1) is 63.3. The Hall–Kier alpha value is -3.67. The minimum absolute atomic E-state index is 0.114. The molecular formula is C61H102O6. The van der Waals surface area contributed by atoms with Crippen LogP contribution in [0.15, 0.2) is 97.2 Å². The molecule has 0 aromatic carbocycles. The van der Waals surface area contributed by atoms with Gasteiger partial charge in [0.2, 0.25) is 0 Å². The molecule has 0 saturated heterocycles. The Morgan fingerprint density at radius 3 is 1.10 bits per heavy atom. The van der Waals surface area contributed by atoms with Crippen molar-refractivity contribution in [2.24, 2.45) is 0 Å². The molecule has 0 bridgehead atoms. The van der Waals surface area contributed by atoms with Crippen LogP contribution in [0.1, 0.15) is 252 Å². The van der Waals surface area contributed by atoms with Gasteiger partial charge in [-0.2, -0.15) is 0 Å². The minimum atomic E-state index is -0.825. The molecule has 0 spiro atoms. The van der Waals surface area contributed by atoms with E-state index in [0.717, 1.165) is 83.5 Å². The molecule has 6 nitrogen and oxygen atoms in total. The fourth-order valence-electron chi connectivity index (χ4n) is 7.42. The van der Waals surface area contributed by atoms with Crippen molar-refractivity contribution < 1.29 is 28.6 Å². The summed E-state index contributed by atoms with van der Waals surface area (Å²) < 4.78 is 16.8. The third-order valence-corrected chi connectivity index (χ3v) is 11.6. The molecule has 67 heavy (non-hydrogen) atoms. The maximum absolute atomic E-state index is 12.8. The van der Waals surface area contributed by atoms with E-state index in [1.165, 1.54) is 122 Å². The van der Waals surface area contributed by atoms with Gasteiger partial charge >= 0.3 is 17.9 Å². The van der Waals surface area contributed by atoms with Gasteiger partial charge in [0, 0.05) is 19.3 Å². The van der Waals surface area contributed by atoms with Crippen molar-refractivity contribution in [3.05, 3.63) is 97.2 Å². The molecule has 0 aromatic heterocycles. The van der Waals surface area contributed by atoms with Crippen LogP contribution < -0.4 is 0 Å². The number of carbonyl (C=O) groups excluding carboxylic acids is 3. The third kappa shape index (κ3) is 53.2. The summed E-state index contributed by atoms with van der Waals surface area (Å²) in [6.45, 7) is 6.42. The van der Waals surface area contributed by atoms with Gasteiger partial charge in [-0.3, -0.25) is 14.4 Å². The largest absolute Gasteiger partial charge is 0.462 e. The standard InChI is InChI=1S/C61H102O6/c1-4-7-10-13-16-19-22-25-28-30-31-32-34-36-39-42-45-48-51-54-60(63)66-57-58(56-65-59(62)53-50-47-44-41-38-35-27-24-21-18-15-12-9-6-3)67-61(64)55-52-49-46-43-40-37-33-29-26-23-20-17-14-11-8-5-2/h8,11,16-17,19-20,22,25-26,29,35,37-38,40,46,49,58H,4-7,9-10,12-15,18,21,23-24,27-28,30-34,36,39,41-45,47-48,50-57H2,1-3H3/b11-8-,19-16-,20-17-,25-22-,29-26-,38-35-,40-37-,49-46-. The first-order chi connectivity index (χ1) is 33.0. The number of allylic oxidation sites excluding steroid dienone is 16. The zero-order valence-corrected chi connectivity index (χ0v) is 43.6. The first-order valence-corrected chi connectivity index (χ1v) is 27.8. The van der Waals surface area contributed by atoms with Crippen LogP contribution in [0.4, 0.5) is 0 Å². The minimum Gasteiger partial charge on any atom is -0.462 e. The van der Waals surface area contributed by atoms with E-state index in [-0.39, 0.29) is 31.6 Å². The highest BCUT2D eigenvalue weighted by Crippen LogP contribution is 2.14. The van der Waals surface area contributed by atoms with Crippen LogP contribution in [-0.4, -0.2) is 37.2 Å². The molecule has 0 amide bonds. The second kappa shape index (κ2) is 54.9. The van der Waals surface area contributed by atoms with E-state index >= 15 is 0 Å². The number of rotatable bonds is 49. The molecule has 0 fully saturated rings. The second-order valence-corrected chi connectivity index (χ2v) is 18.1. The van der Waals surface area contributed by atoms with Crippen LogP contribution in [-0.2, 0) is 28.6 Å². The van der Waals surface area contributed by atoms with Crippen LogP contribution >= 0.6 is 0 Å². The van der Waals surface area contributed by atoms with E-state index in [1.807, 2.05) is 12.2 Å². The summed E-state index contributed by atoms with van der Waals surface area (Å²) >= 11 is 0. The predicted octanol–water partition coefficient (Wildman–Crippen LogP) is 18.5. The summed E-state index contributed by atoms with van der Waals surface area (Å²) in [5, 5.41) is 0. The maximum Gasteiger partial charge on any atom is 0.306 e. The lowest BCUT2D eigenvalue weighted by Gasteiger charge is -2.18. The average molecular weight is 931 g/mol. The smallest absolute Gasteiger partial charge is 0.306 e. The Morgan fingerprint density at radius 1 is 0.328 bits per heavy atom. The molecule has 0 aliphatic heterocycles. The first-order valence-electron chi connectivity index (χ1n) is 27.8. The van der Waals surface area contributed by atoms with Gasteiger partial charge in [0.1, 0.15) is 13.2 Å². The molecule has 0 N–H and O–H groups in total. The summed E-state index contributed by atoms with van der Waals surface area (Å²) in [6, 6.07) is 0. The molecule has 0 aliphatic carbocycles. The van der Waals surface area contributed by atoms with Crippen molar-refractivity contribution in [2.75, 3.05) is 13.2 Å². The van der Waals surface area contributed by atoms with Gasteiger partial charge in [0.25, 0.3) is 0 Å². The second-order valence-electron chi connectivity index (χ2n) is 18.1. The molecule has 6 heteroatoms. The monoisotopic (exact) mass is 931 g/mol. The fraction of sp³-hybridized carbons (Fsp3) is 0.689. The number of hydrogen-bond acceptors (Lipinski definition) is 6. The number of esters is 3. The van der Waals surface area contributed by atoms with Gasteiger partial charge in [-0.25, -0.2) is 0 Å². The van der Waals surface area contributed by atoms with Crippen LogP contribution in [0.5, 0.6) is 0 Å². The maximum atomic E-state index is 12.8. The molecule has 0 aliphatic rings. The van der Waals surface area contributed by atoms with Crippen LogP contribution in [0, 0.1) is 0 Å². The van der Waals surface area contributed by atoms with Crippen molar-refractivity contribution in [1.29, 1.82) is 0 Å². The van der Waals surface area contributed by atoms with Gasteiger partial charge in [-0.1, -0.05) is 227 Å².